The number of hydrogen-bond donors (Lipinski definition) is 0. The molecule has 0 spiro atoms. The minimum absolute atomic E-state index is 0.00984. The zero-order chi connectivity index (χ0) is 21.5. The van der Waals surface area contributed by atoms with Crippen molar-refractivity contribution in [2.75, 3.05) is 5.75 Å². The second-order valence-corrected chi connectivity index (χ2v) is 12.4. The topological polar surface area (TPSA) is 52.0 Å². The number of thiophene rings is 1. The molecule has 0 fully saturated rings. The molecule has 3 aromatic rings. The van der Waals surface area contributed by atoms with Crippen LogP contribution in [0.4, 0.5) is 0 Å². The van der Waals surface area contributed by atoms with E-state index in [0.717, 1.165) is 32.4 Å². The van der Waals surface area contributed by atoms with Crippen molar-refractivity contribution in [3.8, 4) is 0 Å². The van der Waals surface area contributed by atoms with Gasteiger partial charge in [-0.15, -0.1) is 29.7 Å². The Balaban J connectivity index is 1.70. The summed E-state index contributed by atoms with van der Waals surface area (Å²) in [7, 11) is 0. The predicted octanol–water partition coefficient (Wildman–Crippen LogP) is 5.95. The highest BCUT2D eigenvalue weighted by Gasteiger charge is 2.31. The summed E-state index contributed by atoms with van der Waals surface area (Å²) >= 11 is 8.23. The van der Waals surface area contributed by atoms with Gasteiger partial charge in [0.15, 0.2) is 10.9 Å². The molecular formula is C22H21BrN2O2S3. The highest BCUT2D eigenvalue weighted by Crippen LogP contribution is 2.44. The molecule has 0 atom stereocenters. The molecule has 1 aromatic carbocycles. The number of thioether (sulfide) groups is 2. The fraction of sp³-hybridized carbons (Fsp3) is 0.318. The van der Waals surface area contributed by atoms with E-state index in [0.29, 0.717) is 17.3 Å². The van der Waals surface area contributed by atoms with Gasteiger partial charge < -0.3 is 0 Å². The molecule has 2 aromatic heterocycles. The molecule has 0 amide bonds. The molecule has 8 heteroatoms. The predicted molar refractivity (Wildman–Crippen MR) is 132 cm³/mol. The lowest BCUT2D eigenvalue weighted by Gasteiger charge is -2.28. The van der Waals surface area contributed by atoms with Crippen LogP contribution < -0.4 is 5.56 Å². The Hall–Kier alpha value is -1.35. The highest BCUT2D eigenvalue weighted by molar-refractivity contribution is 9.10. The molecule has 30 heavy (non-hydrogen) atoms. The van der Waals surface area contributed by atoms with Crippen molar-refractivity contribution < 1.29 is 4.79 Å². The third-order valence-electron chi connectivity index (χ3n) is 4.97. The normalized spacial score (nSPS) is 15.2. The first-order chi connectivity index (χ1) is 14.3. The van der Waals surface area contributed by atoms with Crippen molar-refractivity contribution in [3.05, 3.63) is 67.8 Å². The van der Waals surface area contributed by atoms with E-state index in [4.69, 9.17) is 4.98 Å². The van der Waals surface area contributed by atoms with Gasteiger partial charge in [-0.3, -0.25) is 14.2 Å². The molecule has 0 saturated heterocycles. The van der Waals surface area contributed by atoms with Gasteiger partial charge in [-0.1, -0.05) is 59.7 Å². The lowest BCUT2D eigenvalue weighted by atomic mass is 10.00. The number of Topliss-reactive ketones (excluding diaryl/α,β-unsaturated/α-hetero) is 1. The van der Waals surface area contributed by atoms with Crippen molar-refractivity contribution in [1.29, 1.82) is 0 Å². The smallest absolute Gasteiger partial charge is 0.263 e. The van der Waals surface area contributed by atoms with Gasteiger partial charge in [-0.05, 0) is 24.1 Å². The second kappa shape index (κ2) is 8.65. The first-order valence-corrected chi connectivity index (χ1v) is 13.1. The molecule has 1 aliphatic rings. The zero-order valence-corrected chi connectivity index (χ0v) is 20.8. The Morgan fingerprint density at radius 1 is 1.37 bits per heavy atom. The fourth-order valence-electron chi connectivity index (χ4n) is 3.46. The van der Waals surface area contributed by atoms with Crippen LogP contribution in [0.2, 0.25) is 0 Å². The van der Waals surface area contributed by atoms with Crippen molar-refractivity contribution in [3.63, 3.8) is 0 Å². The largest absolute Gasteiger partial charge is 0.293 e. The molecule has 0 unspecified atom stereocenters. The van der Waals surface area contributed by atoms with E-state index in [1.807, 2.05) is 23.9 Å². The van der Waals surface area contributed by atoms with Gasteiger partial charge in [0, 0.05) is 32.0 Å². The number of fused-ring (bicyclic) bond motifs is 3. The average molecular weight is 522 g/mol. The first-order valence-electron chi connectivity index (χ1n) is 9.50. The number of ketones is 1. The van der Waals surface area contributed by atoms with Crippen molar-refractivity contribution in [1.82, 2.24) is 9.55 Å². The van der Waals surface area contributed by atoms with Gasteiger partial charge >= 0.3 is 0 Å². The van der Waals surface area contributed by atoms with Crippen LogP contribution in [0, 0.1) is 0 Å². The lowest BCUT2D eigenvalue weighted by molar-refractivity contribution is 0.102. The highest BCUT2D eigenvalue weighted by atomic mass is 79.9. The average Bonchev–Trinajstić information content (AvgIpc) is 3.05. The van der Waals surface area contributed by atoms with Crippen molar-refractivity contribution in [2.24, 2.45) is 0 Å². The zero-order valence-electron chi connectivity index (χ0n) is 16.7. The molecule has 0 saturated carbocycles. The van der Waals surface area contributed by atoms with Crippen LogP contribution in [0.15, 0.2) is 51.3 Å². The summed E-state index contributed by atoms with van der Waals surface area (Å²) in [6, 6.07) is 7.30. The van der Waals surface area contributed by atoms with Gasteiger partial charge in [0.1, 0.15) is 4.83 Å². The number of nitrogens with zero attached hydrogens (tertiary/aromatic N) is 2. The number of halogens is 1. The van der Waals surface area contributed by atoms with Gasteiger partial charge in [0.25, 0.3) is 5.56 Å². The number of rotatable bonds is 6. The lowest BCUT2D eigenvalue weighted by Crippen LogP contribution is -2.26. The second-order valence-electron chi connectivity index (χ2n) is 7.73. The Morgan fingerprint density at radius 2 is 2.10 bits per heavy atom. The Bertz CT molecular complexity index is 1200. The minimum Gasteiger partial charge on any atom is -0.293 e. The summed E-state index contributed by atoms with van der Waals surface area (Å²) in [5.41, 5.74) is 1.77. The van der Waals surface area contributed by atoms with E-state index in [-0.39, 0.29) is 21.8 Å². The van der Waals surface area contributed by atoms with Crippen LogP contribution in [0.1, 0.15) is 34.6 Å². The van der Waals surface area contributed by atoms with E-state index < -0.39 is 0 Å². The fourth-order valence-corrected chi connectivity index (χ4v) is 7.01. The van der Waals surface area contributed by atoms with Gasteiger partial charge in [0.05, 0.1) is 11.1 Å². The number of allylic oxidation sites excluding steroid dienone is 1. The minimum atomic E-state index is -0.0290. The van der Waals surface area contributed by atoms with E-state index in [1.54, 1.807) is 34.1 Å². The summed E-state index contributed by atoms with van der Waals surface area (Å²) in [6.45, 7) is 8.61. The Kier molecular flexibility index (Phi) is 6.30. The van der Waals surface area contributed by atoms with Crippen LogP contribution in [-0.2, 0) is 18.7 Å². The van der Waals surface area contributed by atoms with Crippen LogP contribution in [0.25, 0.3) is 10.2 Å². The van der Waals surface area contributed by atoms with E-state index >= 15 is 0 Å². The summed E-state index contributed by atoms with van der Waals surface area (Å²) in [5.74, 6) is 1.15. The molecular weight excluding hydrogens is 500 g/mol. The Labute approximate surface area is 196 Å². The van der Waals surface area contributed by atoms with Gasteiger partial charge in [-0.2, -0.15) is 0 Å². The summed E-state index contributed by atoms with van der Waals surface area (Å²) in [5, 5.41) is 1.32. The molecule has 0 aliphatic carbocycles. The molecule has 1 aliphatic heterocycles. The molecule has 0 bridgehead atoms. The molecule has 0 N–H and O–H groups in total. The van der Waals surface area contributed by atoms with Crippen LogP contribution in [0.5, 0.6) is 0 Å². The molecule has 4 nitrogen and oxygen atoms in total. The quantitative estimate of drug-likeness (QED) is 0.174. The Morgan fingerprint density at radius 3 is 2.80 bits per heavy atom. The molecule has 156 valence electrons. The molecule has 0 radical (unpaired) electrons. The monoisotopic (exact) mass is 520 g/mol. The van der Waals surface area contributed by atoms with Gasteiger partial charge in [-0.25, -0.2) is 4.98 Å². The summed E-state index contributed by atoms with van der Waals surface area (Å²) in [6.07, 6.45) is 2.57. The van der Waals surface area contributed by atoms with E-state index in [1.165, 1.54) is 16.6 Å². The number of benzene rings is 1. The third kappa shape index (κ3) is 4.33. The maximum absolute atomic E-state index is 13.4. The van der Waals surface area contributed by atoms with E-state index in [9.17, 15) is 9.59 Å². The maximum atomic E-state index is 13.4. The molecule has 3 heterocycles. The van der Waals surface area contributed by atoms with Crippen LogP contribution >= 0.6 is 50.8 Å². The summed E-state index contributed by atoms with van der Waals surface area (Å²) in [4.78, 5) is 32.9. The SMILES string of the molecule is C=CCn1c(SCC(=O)c2ccc(Br)cc2)nc2sc3c(c2c1=O)CC(C)(C)SC3. The third-order valence-corrected chi connectivity index (χ3v) is 9.14. The summed E-state index contributed by atoms with van der Waals surface area (Å²) < 4.78 is 2.69. The van der Waals surface area contributed by atoms with E-state index in [2.05, 4.69) is 36.4 Å². The van der Waals surface area contributed by atoms with Crippen LogP contribution in [0.3, 0.4) is 0 Å². The standard InChI is InChI=1S/C22H21BrN2O2S3/c1-4-9-25-20(27)18-15-10-22(2,3)29-12-17(15)30-19(18)24-21(25)28-11-16(26)13-5-7-14(23)8-6-13/h4-8H,1,9-12H2,2-3H3. The van der Waals surface area contributed by atoms with Crippen LogP contribution in [-0.4, -0.2) is 25.8 Å². The van der Waals surface area contributed by atoms with Gasteiger partial charge in [0.2, 0.25) is 0 Å². The number of carbonyl (C=O) groups excluding carboxylic acids is 1. The van der Waals surface area contributed by atoms with Crippen molar-refractivity contribution >= 4 is 66.8 Å². The first kappa shape index (κ1) is 21.9. The number of carbonyl (C=O) groups is 1. The van der Waals surface area contributed by atoms with Crippen molar-refractivity contribution in [2.45, 2.75) is 42.5 Å². The number of hydrogen-bond acceptors (Lipinski definition) is 6. The molecule has 4 rings (SSSR count). The maximum Gasteiger partial charge on any atom is 0.263 e. The number of aromatic nitrogens is 2.